The topological polar surface area (TPSA) is 68.6 Å². The third-order valence-electron chi connectivity index (χ3n) is 4.04. The number of rotatable bonds is 2. The minimum atomic E-state index is 0.296. The van der Waals surface area contributed by atoms with Gasteiger partial charge in [-0.15, -0.1) is 0 Å². The number of aromatic amines is 1. The Labute approximate surface area is 142 Å². The highest BCUT2D eigenvalue weighted by atomic mass is 35.5. The third kappa shape index (κ3) is 2.38. The summed E-state index contributed by atoms with van der Waals surface area (Å²) in [5.41, 5.74) is 3.89. The van der Waals surface area contributed by atoms with E-state index in [2.05, 4.69) is 37.5 Å². The molecule has 0 bridgehead atoms. The van der Waals surface area contributed by atoms with Gasteiger partial charge in [-0.3, -0.25) is 0 Å². The van der Waals surface area contributed by atoms with Crippen LogP contribution < -0.4 is 4.90 Å². The highest BCUT2D eigenvalue weighted by Crippen LogP contribution is 2.35. The van der Waals surface area contributed by atoms with Crippen molar-refractivity contribution in [3.63, 3.8) is 0 Å². The highest BCUT2D eigenvalue weighted by Gasteiger charge is 2.21. The lowest BCUT2D eigenvalue weighted by atomic mass is 9.99. The molecule has 1 N–H and O–H groups in total. The number of hydrogen-bond donors (Lipinski definition) is 1. The van der Waals surface area contributed by atoms with Gasteiger partial charge in [-0.05, 0) is 35.7 Å². The second-order valence-electron chi connectivity index (χ2n) is 5.29. The maximum atomic E-state index is 9.22. The van der Waals surface area contributed by atoms with E-state index in [9.17, 15) is 5.26 Å². The van der Waals surface area contributed by atoms with Crippen molar-refractivity contribution in [2.75, 3.05) is 18.0 Å². The lowest BCUT2D eigenvalue weighted by molar-refractivity contribution is 0.840. The normalized spacial score (nSPS) is 14.8. The van der Waals surface area contributed by atoms with E-state index in [0.717, 1.165) is 35.5 Å². The smallest absolute Gasteiger partial charge is 0.162 e. The Kier molecular flexibility index (Phi) is 3.52. The van der Waals surface area contributed by atoms with E-state index in [1.54, 1.807) is 6.20 Å². The van der Waals surface area contributed by atoms with Crippen LogP contribution in [0, 0.1) is 11.3 Å². The molecule has 1 aliphatic heterocycles. The van der Waals surface area contributed by atoms with Crippen LogP contribution in [0.1, 0.15) is 17.5 Å². The van der Waals surface area contributed by atoms with Gasteiger partial charge in [0.05, 0.1) is 0 Å². The quantitative estimate of drug-likeness (QED) is 0.769. The van der Waals surface area contributed by atoms with Gasteiger partial charge >= 0.3 is 0 Å². The Morgan fingerprint density at radius 2 is 2.35 bits per heavy atom. The van der Waals surface area contributed by atoms with E-state index in [1.807, 2.05) is 12.3 Å². The predicted molar refractivity (Wildman–Crippen MR) is 92.7 cm³/mol. The molecule has 23 heavy (non-hydrogen) atoms. The number of hydrogen-bond acceptors (Lipinski definition) is 5. The summed E-state index contributed by atoms with van der Waals surface area (Å²) in [6.45, 7) is 1.58. The van der Waals surface area contributed by atoms with Crippen LogP contribution in [0.25, 0.3) is 16.6 Å². The summed E-state index contributed by atoms with van der Waals surface area (Å²) in [4.78, 5) is 9.70. The van der Waals surface area contributed by atoms with Gasteiger partial charge in [-0.25, -0.2) is 4.98 Å². The number of nitrogens with zero attached hydrogens (tertiary/aromatic N) is 4. The maximum Gasteiger partial charge on any atom is 0.162 e. The summed E-state index contributed by atoms with van der Waals surface area (Å²) < 4.78 is 4.08. The van der Waals surface area contributed by atoms with Gasteiger partial charge in [0, 0.05) is 36.4 Å². The van der Waals surface area contributed by atoms with Crippen LogP contribution in [0.5, 0.6) is 0 Å². The molecule has 0 aliphatic carbocycles. The average Bonchev–Trinajstić information content (AvgIpc) is 3.18. The van der Waals surface area contributed by atoms with Gasteiger partial charge in [0.15, 0.2) is 5.15 Å². The van der Waals surface area contributed by atoms with Gasteiger partial charge in [0.25, 0.3) is 0 Å². The van der Waals surface area contributed by atoms with E-state index >= 15 is 0 Å². The Morgan fingerprint density at radius 3 is 3.13 bits per heavy atom. The first-order valence-electron chi connectivity index (χ1n) is 7.19. The SMILES string of the molecule is N#Cc1c(Cl)nsc1N1CC=C(c2c[nH]c3ncccc23)CC1. The van der Waals surface area contributed by atoms with Crippen molar-refractivity contribution in [1.82, 2.24) is 14.3 Å². The molecular formula is C16H12ClN5S. The molecule has 0 fully saturated rings. The second-order valence-corrected chi connectivity index (χ2v) is 6.40. The number of nitriles is 1. The van der Waals surface area contributed by atoms with Crippen LogP contribution in [-0.4, -0.2) is 27.4 Å². The summed E-state index contributed by atoms with van der Waals surface area (Å²) in [5, 5.41) is 11.5. The zero-order chi connectivity index (χ0) is 15.8. The van der Waals surface area contributed by atoms with Gasteiger partial charge in [0.1, 0.15) is 22.3 Å². The van der Waals surface area contributed by atoms with E-state index < -0.39 is 0 Å². The first-order valence-corrected chi connectivity index (χ1v) is 8.35. The zero-order valence-electron chi connectivity index (χ0n) is 12.1. The largest absolute Gasteiger partial charge is 0.357 e. The van der Waals surface area contributed by atoms with Gasteiger partial charge in [-0.2, -0.15) is 9.64 Å². The van der Waals surface area contributed by atoms with Crippen LogP contribution in [0.2, 0.25) is 5.15 Å². The van der Waals surface area contributed by atoms with Crippen molar-refractivity contribution < 1.29 is 0 Å². The minimum Gasteiger partial charge on any atom is -0.357 e. The fraction of sp³-hybridized carbons (Fsp3) is 0.188. The zero-order valence-corrected chi connectivity index (χ0v) is 13.7. The molecule has 0 amide bonds. The van der Waals surface area contributed by atoms with Crippen molar-refractivity contribution in [1.29, 1.82) is 5.26 Å². The molecule has 0 radical (unpaired) electrons. The summed E-state index contributed by atoms with van der Waals surface area (Å²) in [6.07, 6.45) is 6.91. The second kappa shape index (κ2) is 5.69. The number of aromatic nitrogens is 3. The molecule has 4 heterocycles. The van der Waals surface area contributed by atoms with Crippen molar-refractivity contribution >= 4 is 44.7 Å². The summed E-state index contributed by atoms with van der Waals surface area (Å²) >= 11 is 7.25. The molecule has 0 unspecified atom stereocenters. The van der Waals surface area contributed by atoms with E-state index in [4.69, 9.17) is 11.6 Å². The number of H-pyrrole nitrogens is 1. The number of fused-ring (bicyclic) bond motifs is 1. The van der Waals surface area contributed by atoms with Gasteiger partial charge in [0.2, 0.25) is 0 Å². The Balaban J connectivity index is 1.63. The lowest BCUT2D eigenvalue weighted by Crippen LogP contribution is -2.28. The van der Waals surface area contributed by atoms with Crippen molar-refractivity contribution in [3.05, 3.63) is 46.9 Å². The maximum absolute atomic E-state index is 9.22. The molecule has 0 saturated carbocycles. The van der Waals surface area contributed by atoms with E-state index in [1.165, 1.54) is 22.7 Å². The van der Waals surface area contributed by atoms with Crippen LogP contribution in [-0.2, 0) is 0 Å². The molecule has 3 aromatic rings. The Hall–Kier alpha value is -2.36. The summed E-state index contributed by atoms with van der Waals surface area (Å²) in [5.74, 6) is 0. The number of halogens is 1. The first-order chi connectivity index (χ1) is 11.3. The molecule has 0 aromatic carbocycles. The Morgan fingerprint density at radius 1 is 1.43 bits per heavy atom. The number of pyridine rings is 1. The summed E-state index contributed by atoms with van der Waals surface area (Å²) in [6, 6.07) is 6.18. The number of nitrogens with one attached hydrogen (secondary N) is 1. The lowest BCUT2D eigenvalue weighted by Gasteiger charge is -2.26. The molecule has 114 valence electrons. The molecule has 3 aromatic heterocycles. The van der Waals surface area contributed by atoms with E-state index in [0.29, 0.717) is 10.7 Å². The van der Waals surface area contributed by atoms with Crippen LogP contribution in [0.15, 0.2) is 30.6 Å². The fourth-order valence-electron chi connectivity index (χ4n) is 2.89. The molecule has 1 aliphatic rings. The fourth-order valence-corrected chi connectivity index (χ4v) is 3.96. The van der Waals surface area contributed by atoms with Crippen molar-refractivity contribution in [2.24, 2.45) is 0 Å². The molecule has 5 nitrogen and oxygen atoms in total. The van der Waals surface area contributed by atoms with E-state index in [-0.39, 0.29) is 0 Å². The highest BCUT2D eigenvalue weighted by molar-refractivity contribution is 7.10. The van der Waals surface area contributed by atoms with Gasteiger partial charge in [-0.1, -0.05) is 17.7 Å². The molecule has 0 atom stereocenters. The molecule has 0 saturated heterocycles. The molecular weight excluding hydrogens is 330 g/mol. The third-order valence-corrected chi connectivity index (χ3v) is 5.32. The summed E-state index contributed by atoms with van der Waals surface area (Å²) in [7, 11) is 0. The predicted octanol–water partition coefficient (Wildman–Crippen LogP) is 3.84. The van der Waals surface area contributed by atoms with Crippen LogP contribution >= 0.6 is 23.1 Å². The van der Waals surface area contributed by atoms with Crippen molar-refractivity contribution in [2.45, 2.75) is 6.42 Å². The minimum absolute atomic E-state index is 0.296. The Bertz CT molecular complexity index is 949. The molecule has 0 spiro atoms. The van der Waals surface area contributed by atoms with Crippen LogP contribution in [0.3, 0.4) is 0 Å². The molecule has 4 rings (SSSR count). The molecule has 7 heteroatoms. The van der Waals surface area contributed by atoms with Crippen molar-refractivity contribution in [3.8, 4) is 6.07 Å². The van der Waals surface area contributed by atoms with Crippen LogP contribution in [0.4, 0.5) is 5.00 Å². The first kappa shape index (κ1) is 14.2. The average molecular weight is 342 g/mol. The monoisotopic (exact) mass is 341 g/mol. The van der Waals surface area contributed by atoms with Gasteiger partial charge < -0.3 is 9.88 Å². The number of anilines is 1. The standard InChI is InChI=1S/C16H12ClN5S/c17-14-12(8-18)16(23-21-14)22-6-3-10(4-7-22)13-9-20-15-11(13)2-1-5-19-15/h1-3,5,9H,4,6-7H2,(H,19,20).